The third-order valence-corrected chi connectivity index (χ3v) is 3.86. The smallest absolute Gasteiger partial charge is 0.244 e. The summed E-state index contributed by atoms with van der Waals surface area (Å²) in [5.74, 6) is -2.01. The predicted molar refractivity (Wildman–Crippen MR) is 64.5 cm³/mol. The zero-order valence-electron chi connectivity index (χ0n) is 10.1. The molecule has 0 aromatic heterocycles. The van der Waals surface area contributed by atoms with Crippen molar-refractivity contribution in [2.75, 3.05) is 0 Å². The maximum atomic E-state index is 13.4. The average molecular weight is 274 g/mol. The highest BCUT2D eigenvalue weighted by Crippen LogP contribution is 2.15. The summed E-state index contributed by atoms with van der Waals surface area (Å²) in [6.45, 7) is 3.28. The van der Waals surface area contributed by atoms with Gasteiger partial charge in [0.05, 0.1) is 0 Å². The molecule has 18 heavy (non-hydrogen) atoms. The molecule has 0 aliphatic heterocycles. The lowest BCUT2D eigenvalue weighted by Gasteiger charge is -2.19. The van der Waals surface area contributed by atoms with Gasteiger partial charge in [-0.15, -0.1) is 0 Å². The van der Waals surface area contributed by atoms with E-state index in [1.807, 2.05) is 0 Å². The second-order valence-electron chi connectivity index (χ2n) is 4.18. The molecule has 1 atom stereocenters. The summed E-state index contributed by atoms with van der Waals surface area (Å²) in [4.78, 5) is 10.6. The molecule has 1 rings (SSSR count). The number of nitrogens with two attached hydrogens (primary N) is 1. The lowest BCUT2D eigenvalue weighted by molar-refractivity contribution is -0.120. The molecule has 0 heterocycles. The van der Waals surface area contributed by atoms with Gasteiger partial charge in [-0.2, -0.15) is 4.72 Å². The van der Waals surface area contributed by atoms with Crippen molar-refractivity contribution in [1.82, 2.24) is 4.72 Å². The van der Waals surface area contributed by atoms with E-state index in [1.165, 1.54) is 12.1 Å². The quantitative estimate of drug-likeness (QED) is 0.824. The van der Waals surface area contributed by atoms with E-state index in [-0.39, 0.29) is 5.92 Å². The first-order valence-corrected chi connectivity index (χ1v) is 6.80. The third kappa shape index (κ3) is 3.27. The van der Waals surface area contributed by atoms with Gasteiger partial charge in [-0.1, -0.05) is 26.0 Å². The minimum absolute atomic E-state index is 0.330. The van der Waals surface area contributed by atoms with Crippen LogP contribution in [-0.4, -0.2) is 20.4 Å². The molecule has 7 heteroatoms. The van der Waals surface area contributed by atoms with E-state index in [9.17, 15) is 17.6 Å². The van der Waals surface area contributed by atoms with E-state index in [2.05, 4.69) is 4.72 Å². The fourth-order valence-electron chi connectivity index (χ4n) is 1.42. The zero-order valence-corrected chi connectivity index (χ0v) is 10.9. The lowest BCUT2D eigenvalue weighted by Crippen LogP contribution is -2.47. The van der Waals surface area contributed by atoms with Gasteiger partial charge >= 0.3 is 0 Å². The van der Waals surface area contributed by atoms with Gasteiger partial charge in [0.25, 0.3) is 0 Å². The Balaban J connectivity index is 3.09. The predicted octanol–water partition coefficient (Wildman–Crippen LogP) is 0.614. The number of carbonyl (C=O) groups excluding carboxylic acids is 1. The monoisotopic (exact) mass is 274 g/mol. The Kier molecular flexibility index (Phi) is 4.42. The van der Waals surface area contributed by atoms with Crippen LogP contribution in [-0.2, 0) is 14.8 Å². The Bertz CT molecular complexity index is 543. The van der Waals surface area contributed by atoms with Gasteiger partial charge < -0.3 is 5.73 Å². The molecule has 0 aliphatic rings. The number of sulfonamides is 1. The molecule has 0 bridgehead atoms. The molecule has 0 saturated carbocycles. The fraction of sp³-hybridized carbons (Fsp3) is 0.364. The molecule has 1 aromatic carbocycles. The van der Waals surface area contributed by atoms with Gasteiger partial charge in [-0.3, -0.25) is 4.79 Å². The second kappa shape index (κ2) is 5.45. The number of hydrogen-bond acceptors (Lipinski definition) is 3. The summed E-state index contributed by atoms with van der Waals surface area (Å²) in [6, 6.07) is 3.85. The summed E-state index contributed by atoms with van der Waals surface area (Å²) < 4.78 is 39.3. The maximum Gasteiger partial charge on any atom is 0.244 e. The van der Waals surface area contributed by atoms with Gasteiger partial charge in [0, 0.05) is 0 Å². The van der Waals surface area contributed by atoms with Gasteiger partial charge in [-0.25, -0.2) is 12.8 Å². The molecule has 1 aromatic rings. The van der Waals surface area contributed by atoms with Gasteiger partial charge in [0.2, 0.25) is 15.9 Å². The number of rotatable bonds is 5. The number of benzene rings is 1. The number of amides is 1. The molecule has 5 nitrogen and oxygen atoms in total. The fourth-order valence-corrected chi connectivity index (χ4v) is 2.85. The molecule has 0 spiro atoms. The zero-order chi connectivity index (χ0) is 13.9. The summed E-state index contributed by atoms with van der Waals surface area (Å²) in [5, 5.41) is 0. The molecule has 0 radical (unpaired) electrons. The van der Waals surface area contributed by atoms with Crippen molar-refractivity contribution in [2.24, 2.45) is 11.7 Å². The van der Waals surface area contributed by atoms with Gasteiger partial charge in [0.15, 0.2) is 0 Å². The normalized spacial score (nSPS) is 13.6. The topological polar surface area (TPSA) is 89.3 Å². The van der Waals surface area contributed by atoms with E-state index in [4.69, 9.17) is 5.73 Å². The molecule has 100 valence electrons. The molecular weight excluding hydrogens is 259 g/mol. The lowest BCUT2D eigenvalue weighted by atomic mass is 10.1. The molecule has 0 fully saturated rings. The SMILES string of the molecule is CC(C)C(NS(=O)(=O)c1ccccc1F)C(N)=O. The molecular formula is C11H15FN2O3S. The molecule has 3 N–H and O–H groups in total. The standard InChI is InChI=1S/C11H15FN2O3S/c1-7(2)10(11(13)15)14-18(16,17)9-6-4-3-5-8(9)12/h3-7,10,14H,1-2H3,(H2,13,15). The Labute approximate surface area is 105 Å². The van der Waals surface area contributed by atoms with Crippen molar-refractivity contribution in [3.05, 3.63) is 30.1 Å². The Morgan fingerprint density at radius 1 is 1.33 bits per heavy atom. The number of carbonyl (C=O) groups is 1. The van der Waals surface area contributed by atoms with Crippen molar-refractivity contribution in [1.29, 1.82) is 0 Å². The Morgan fingerprint density at radius 3 is 2.33 bits per heavy atom. The van der Waals surface area contributed by atoms with E-state index >= 15 is 0 Å². The minimum Gasteiger partial charge on any atom is -0.368 e. The first-order valence-electron chi connectivity index (χ1n) is 5.32. The van der Waals surface area contributed by atoms with E-state index in [0.717, 1.165) is 12.1 Å². The highest BCUT2D eigenvalue weighted by atomic mass is 32.2. The molecule has 1 unspecified atom stereocenters. The van der Waals surface area contributed by atoms with Crippen molar-refractivity contribution < 1.29 is 17.6 Å². The largest absolute Gasteiger partial charge is 0.368 e. The summed E-state index contributed by atoms with van der Waals surface area (Å²) >= 11 is 0. The van der Waals surface area contributed by atoms with Crippen molar-refractivity contribution in [2.45, 2.75) is 24.8 Å². The van der Waals surface area contributed by atoms with E-state index in [1.54, 1.807) is 13.8 Å². The number of primary amides is 1. The average Bonchev–Trinajstić information content (AvgIpc) is 2.25. The first kappa shape index (κ1) is 14.6. The number of hydrogen-bond donors (Lipinski definition) is 2. The Morgan fingerprint density at radius 2 is 1.89 bits per heavy atom. The molecule has 0 saturated heterocycles. The van der Waals surface area contributed by atoms with Crippen molar-refractivity contribution >= 4 is 15.9 Å². The van der Waals surface area contributed by atoms with Crippen LogP contribution in [0.15, 0.2) is 29.2 Å². The molecule has 0 aliphatic carbocycles. The first-order chi connectivity index (χ1) is 8.25. The summed E-state index contributed by atoms with van der Waals surface area (Å²) in [5.41, 5.74) is 5.10. The van der Waals surface area contributed by atoms with Crippen LogP contribution in [0, 0.1) is 11.7 Å². The minimum atomic E-state index is -4.11. The maximum absolute atomic E-state index is 13.4. The second-order valence-corrected chi connectivity index (χ2v) is 5.86. The van der Waals surface area contributed by atoms with E-state index < -0.39 is 32.7 Å². The van der Waals surface area contributed by atoms with Gasteiger partial charge in [0.1, 0.15) is 16.8 Å². The number of halogens is 1. The van der Waals surface area contributed by atoms with Crippen LogP contribution in [0.3, 0.4) is 0 Å². The highest BCUT2D eigenvalue weighted by molar-refractivity contribution is 7.89. The van der Waals surface area contributed by atoms with Crippen LogP contribution < -0.4 is 10.5 Å². The van der Waals surface area contributed by atoms with Crippen LogP contribution in [0.4, 0.5) is 4.39 Å². The Hall–Kier alpha value is -1.47. The van der Waals surface area contributed by atoms with Crippen LogP contribution in [0.5, 0.6) is 0 Å². The number of nitrogens with one attached hydrogen (secondary N) is 1. The van der Waals surface area contributed by atoms with Crippen LogP contribution in [0.25, 0.3) is 0 Å². The third-order valence-electron chi connectivity index (χ3n) is 2.38. The van der Waals surface area contributed by atoms with Crippen molar-refractivity contribution in [3.8, 4) is 0 Å². The van der Waals surface area contributed by atoms with E-state index in [0.29, 0.717) is 0 Å². The van der Waals surface area contributed by atoms with Crippen LogP contribution >= 0.6 is 0 Å². The molecule has 1 amide bonds. The highest BCUT2D eigenvalue weighted by Gasteiger charge is 2.28. The summed E-state index contributed by atoms with van der Waals surface area (Å²) in [7, 11) is -4.11. The van der Waals surface area contributed by atoms with Crippen molar-refractivity contribution in [3.63, 3.8) is 0 Å². The van der Waals surface area contributed by atoms with Gasteiger partial charge in [-0.05, 0) is 18.1 Å². The summed E-state index contributed by atoms with van der Waals surface area (Å²) in [6.07, 6.45) is 0. The van der Waals surface area contributed by atoms with Crippen LogP contribution in [0.2, 0.25) is 0 Å². The van der Waals surface area contributed by atoms with Crippen LogP contribution in [0.1, 0.15) is 13.8 Å².